The van der Waals surface area contributed by atoms with Crippen LogP contribution in [0.25, 0.3) is 0 Å². The van der Waals surface area contributed by atoms with Gasteiger partial charge >= 0.3 is 0 Å². The van der Waals surface area contributed by atoms with Crippen LogP contribution in [0.5, 0.6) is 5.75 Å². The number of anilines is 1. The van der Waals surface area contributed by atoms with Crippen LogP contribution in [0.1, 0.15) is 5.56 Å². The number of tetrazole rings is 1. The number of nitrogens with two attached hydrogens (primary N) is 1. The summed E-state index contributed by atoms with van der Waals surface area (Å²) in [5.74, 6) is 0.960. The quantitative estimate of drug-likeness (QED) is 0.839. The smallest absolute Gasteiger partial charge is 0.260 e. The lowest BCUT2D eigenvalue weighted by molar-refractivity contribution is 0.409. The maximum atomic E-state index is 5.54. The van der Waals surface area contributed by atoms with Gasteiger partial charge in [-0.3, -0.25) is 0 Å². The molecule has 0 atom stereocenters. The largest absolute Gasteiger partial charge is 0.494 e. The molecule has 0 aliphatic carbocycles. The first-order chi connectivity index (χ1) is 8.61. The van der Waals surface area contributed by atoms with Gasteiger partial charge in [-0.2, -0.15) is 0 Å². The fourth-order valence-electron chi connectivity index (χ4n) is 1.38. The van der Waals surface area contributed by atoms with E-state index in [9.17, 15) is 0 Å². The highest BCUT2D eigenvalue weighted by Gasteiger charge is 2.08. The number of nitrogen functional groups attached to an aromatic ring is 1. The van der Waals surface area contributed by atoms with Crippen molar-refractivity contribution in [3.63, 3.8) is 0 Å². The number of rotatable bonds is 4. The fourth-order valence-corrected chi connectivity index (χ4v) is 2.99. The SMILES string of the molecule is COc1c(Br)cc(CNn2nnnc2N)cc1Br. The van der Waals surface area contributed by atoms with Crippen molar-refractivity contribution >= 4 is 37.8 Å². The average Bonchev–Trinajstić information content (AvgIpc) is 2.72. The van der Waals surface area contributed by atoms with E-state index in [1.54, 1.807) is 7.11 Å². The molecule has 0 radical (unpaired) electrons. The van der Waals surface area contributed by atoms with Crippen molar-refractivity contribution in [2.45, 2.75) is 6.54 Å². The van der Waals surface area contributed by atoms with Crippen molar-refractivity contribution in [2.24, 2.45) is 0 Å². The number of hydrogen-bond acceptors (Lipinski definition) is 6. The van der Waals surface area contributed by atoms with Crippen molar-refractivity contribution in [1.82, 2.24) is 20.3 Å². The molecular formula is C9H10Br2N6O. The van der Waals surface area contributed by atoms with E-state index in [2.05, 4.69) is 52.8 Å². The van der Waals surface area contributed by atoms with Gasteiger partial charge in [-0.15, -0.1) is 4.79 Å². The normalized spacial score (nSPS) is 10.4. The number of benzene rings is 1. The van der Waals surface area contributed by atoms with Gasteiger partial charge in [0.1, 0.15) is 5.75 Å². The second-order valence-corrected chi connectivity index (χ2v) is 5.09. The van der Waals surface area contributed by atoms with E-state index in [1.807, 2.05) is 12.1 Å². The Balaban J connectivity index is 2.13. The van der Waals surface area contributed by atoms with Crippen molar-refractivity contribution in [3.05, 3.63) is 26.6 Å². The maximum absolute atomic E-state index is 5.54. The van der Waals surface area contributed by atoms with Gasteiger partial charge in [-0.05, 0) is 60.0 Å². The predicted octanol–water partition coefficient (Wildman–Crippen LogP) is 1.53. The van der Waals surface area contributed by atoms with Gasteiger partial charge in [-0.1, -0.05) is 5.10 Å². The summed E-state index contributed by atoms with van der Waals surface area (Å²) in [4.78, 5) is 1.31. The minimum atomic E-state index is 0.210. The van der Waals surface area contributed by atoms with E-state index in [4.69, 9.17) is 10.5 Å². The Hall–Kier alpha value is -1.35. The highest BCUT2D eigenvalue weighted by molar-refractivity contribution is 9.11. The summed E-state index contributed by atoms with van der Waals surface area (Å²) in [7, 11) is 1.62. The topological polar surface area (TPSA) is 90.9 Å². The van der Waals surface area contributed by atoms with Crippen LogP contribution in [-0.2, 0) is 6.54 Å². The molecule has 0 bridgehead atoms. The standard InChI is InChI=1S/C9H10Br2N6O/c1-18-8-6(10)2-5(3-7(8)11)4-13-17-9(12)14-15-16-17/h2-3,13H,4H2,1H3,(H2,12,14,16). The minimum Gasteiger partial charge on any atom is -0.494 e. The van der Waals surface area contributed by atoms with Crippen LogP contribution < -0.4 is 15.9 Å². The zero-order valence-electron chi connectivity index (χ0n) is 9.39. The molecule has 1 aromatic carbocycles. The number of halogens is 2. The molecule has 0 saturated carbocycles. The molecule has 2 rings (SSSR count). The molecule has 2 aromatic rings. The molecule has 0 spiro atoms. The van der Waals surface area contributed by atoms with Crippen LogP contribution in [0.4, 0.5) is 5.95 Å². The second-order valence-electron chi connectivity index (χ2n) is 3.38. The second kappa shape index (κ2) is 5.53. The van der Waals surface area contributed by atoms with E-state index in [1.165, 1.54) is 4.79 Å². The molecule has 0 aliphatic heterocycles. The third-order valence-electron chi connectivity index (χ3n) is 2.19. The van der Waals surface area contributed by atoms with Gasteiger partial charge in [0, 0.05) is 0 Å². The molecule has 18 heavy (non-hydrogen) atoms. The van der Waals surface area contributed by atoms with Gasteiger partial charge < -0.3 is 15.9 Å². The molecule has 1 heterocycles. The van der Waals surface area contributed by atoms with E-state index >= 15 is 0 Å². The Kier molecular flexibility index (Phi) is 4.02. The monoisotopic (exact) mass is 376 g/mol. The van der Waals surface area contributed by atoms with Crippen molar-refractivity contribution in [1.29, 1.82) is 0 Å². The van der Waals surface area contributed by atoms with E-state index in [-0.39, 0.29) is 5.95 Å². The third kappa shape index (κ3) is 2.72. The summed E-state index contributed by atoms with van der Waals surface area (Å²) < 4.78 is 6.95. The molecule has 0 aliphatic rings. The molecule has 0 unspecified atom stereocenters. The summed E-state index contributed by atoms with van der Waals surface area (Å²) in [6.45, 7) is 0.524. The van der Waals surface area contributed by atoms with Crippen LogP contribution >= 0.6 is 31.9 Å². The minimum absolute atomic E-state index is 0.210. The van der Waals surface area contributed by atoms with Crippen molar-refractivity contribution in [2.75, 3.05) is 18.3 Å². The summed E-state index contributed by atoms with van der Waals surface area (Å²) in [5.41, 5.74) is 9.53. The molecule has 0 saturated heterocycles. The van der Waals surface area contributed by atoms with Gasteiger partial charge in [0.15, 0.2) is 0 Å². The fraction of sp³-hybridized carbons (Fsp3) is 0.222. The van der Waals surface area contributed by atoms with E-state index in [0.29, 0.717) is 6.54 Å². The molecule has 7 nitrogen and oxygen atoms in total. The highest BCUT2D eigenvalue weighted by atomic mass is 79.9. The molecule has 1 aromatic heterocycles. The van der Waals surface area contributed by atoms with Crippen molar-refractivity contribution in [3.8, 4) is 5.75 Å². The third-order valence-corrected chi connectivity index (χ3v) is 3.37. The molecule has 0 fully saturated rings. The van der Waals surface area contributed by atoms with Crippen LogP contribution in [0.3, 0.4) is 0 Å². The predicted molar refractivity (Wildman–Crippen MR) is 73.7 cm³/mol. The molecule has 9 heteroatoms. The first-order valence-corrected chi connectivity index (χ1v) is 6.50. The zero-order valence-corrected chi connectivity index (χ0v) is 12.6. The van der Waals surface area contributed by atoms with Crippen LogP contribution in [0.2, 0.25) is 0 Å². The highest BCUT2D eigenvalue weighted by Crippen LogP contribution is 2.34. The van der Waals surface area contributed by atoms with Gasteiger partial charge in [0.2, 0.25) is 0 Å². The van der Waals surface area contributed by atoms with E-state index < -0.39 is 0 Å². The number of aromatic nitrogens is 4. The van der Waals surface area contributed by atoms with Gasteiger partial charge in [0.05, 0.1) is 22.6 Å². The first kappa shape index (κ1) is 13.1. The lowest BCUT2D eigenvalue weighted by atomic mass is 10.2. The number of nitrogens with one attached hydrogen (secondary N) is 1. The van der Waals surface area contributed by atoms with Gasteiger partial charge in [-0.25, -0.2) is 0 Å². The van der Waals surface area contributed by atoms with Gasteiger partial charge in [0.25, 0.3) is 5.95 Å². The summed E-state index contributed by atoms with van der Waals surface area (Å²) in [6, 6.07) is 3.88. The lowest BCUT2D eigenvalue weighted by Crippen LogP contribution is -2.18. The number of ether oxygens (including phenoxy) is 1. The summed E-state index contributed by atoms with van der Waals surface area (Å²) in [6.07, 6.45) is 0. The molecule has 96 valence electrons. The molecule has 3 N–H and O–H groups in total. The summed E-state index contributed by atoms with van der Waals surface area (Å²) >= 11 is 6.87. The Morgan fingerprint density at radius 3 is 2.56 bits per heavy atom. The lowest BCUT2D eigenvalue weighted by Gasteiger charge is -2.10. The number of methoxy groups -OCH3 is 1. The number of nitrogens with zero attached hydrogens (tertiary/aromatic N) is 4. The average molecular weight is 378 g/mol. The summed E-state index contributed by atoms with van der Waals surface area (Å²) in [5, 5.41) is 10.7. The van der Waals surface area contributed by atoms with Crippen LogP contribution in [0, 0.1) is 0 Å². The van der Waals surface area contributed by atoms with Crippen LogP contribution in [-0.4, -0.2) is 27.4 Å². The van der Waals surface area contributed by atoms with E-state index in [0.717, 1.165) is 20.3 Å². The molecule has 0 amide bonds. The maximum Gasteiger partial charge on any atom is 0.260 e. The molecular weight excluding hydrogens is 368 g/mol. The Labute approximate surface area is 120 Å². The van der Waals surface area contributed by atoms with Crippen molar-refractivity contribution < 1.29 is 4.74 Å². The number of hydrogen-bond donors (Lipinski definition) is 2. The Morgan fingerprint density at radius 2 is 2.06 bits per heavy atom. The first-order valence-electron chi connectivity index (χ1n) is 4.91. The zero-order chi connectivity index (χ0) is 13.1. The Morgan fingerprint density at radius 1 is 1.39 bits per heavy atom. The Bertz CT molecular complexity index is 535. The van der Waals surface area contributed by atoms with Crippen LogP contribution in [0.15, 0.2) is 21.1 Å².